The highest BCUT2D eigenvalue weighted by atomic mass is 14.2. The van der Waals surface area contributed by atoms with E-state index in [1.807, 2.05) is 18.2 Å². The van der Waals surface area contributed by atoms with Gasteiger partial charge in [-0.1, -0.05) is 178 Å². The molecule has 0 atom stereocenters. The van der Waals surface area contributed by atoms with Crippen LogP contribution in [-0.2, 0) is 0 Å². The summed E-state index contributed by atoms with van der Waals surface area (Å²) in [5.41, 5.74) is 12.6. The van der Waals surface area contributed by atoms with Crippen LogP contribution in [-0.4, -0.2) is 0 Å². The summed E-state index contributed by atoms with van der Waals surface area (Å²) >= 11 is 0. The Balaban J connectivity index is 1.36. The van der Waals surface area contributed by atoms with Crippen molar-refractivity contribution in [3.8, 4) is 11.1 Å². The first-order valence-corrected chi connectivity index (χ1v) is 18.2. The van der Waals surface area contributed by atoms with E-state index in [1.165, 1.54) is 43.5 Å². The molecule has 1 aliphatic carbocycles. The number of hydrogen-bond acceptors (Lipinski definition) is 0. The molecule has 0 saturated carbocycles. The summed E-state index contributed by atoms with van der Waals surface area (Å²) in [7, 11) is 0. The topological polar surface area (TPSA) is 0 Å². The van der Waals surface area contributed by atoms with Gasteiger partial charge in [-0.05, 0) is 137 Å². The second-order valence-electron chi connectivity index (χ2n) is 13.6. The summed E-state index contributed by atoms with van der Waals surface area (Å²) < 4.78 is 0. The average molecular weight is 681 g/mol. The number of fused-ring (bicyclic) bond motifs is 2. The third-order valence-corrected chi connectivity index (χ3v) is 10.1. The Morgan fingerprint density at radius 2 is 1.34 bits per heavy atom. The lowest BCUT2D eigenvalue weighted by molar-refractivity contribution is 1.32. The molecule has 0 aromatic heterocycles. The van der Waals surface area contributed by atoms with Crippen LogP contribution in [0.4, 0.5) is 0 Å². The zero-order valence-electron chi connectivity index (χ0n) is 30.6. The Morgan fingerprint density at radius 1 is 0.623 bits per heavy atom. The van der Waals surface area contributed by atoms with Crippen LogP contribution in [0.25, 0.3) is 51.3 Å². The van der Waals surface area contributed by atoms with Crippen molar-refractivity contribution in [3.05, 3.63) is 243 Å². The second-order valence-corrected chi connectivity index (χ2v) is 13.6. The van der Waals surface area contributed by atoms with Crippen LogP contribution in [0, 0.1) is 0 Å². The molecule has 0 bridgehead atoms. The normalized spacial score (nSPS) is 17.3. The van der Waals surface area contributed by atoms with Gasteiger partial charge in [0.05, 0.1) is 0 Å². The molecule has 0 radical (unpaired) electrons. The van der Waals surface area contributed by atoms with Crippen molar-refractivity contribution in [3.63, 3.8) is 0 Å². The second kappa shape index (κ2) is 15.8. The number of rotatable bonds is 7. The average Bonchev–Trinajstić information content (AvgIpc) is 3.19. The Kier molecular flexibility index (Phi) is 10.4. The van der Waals surface area contributed by atoms with Crippen LogP contribution in [0.15, 0.2) is 206 Å². The summed E-state index contributed by atoms with van der Waals surface area (Å²) in [5, 5.41) is 6.86. The summed E-state index contributed by atoms with van der Waals surface area (Å²) in [4.78, 5) is 0. The Morgan fingerprint density at radius 3 is 2.15 bits per heavy atom. The highest BCUT2D eigenvalue weighted by Gasteiger charge is 2.12. The van der Waals surface area contributed by atoms with Crippen LogP contribution in [0.3, 0.4) is 0 Å². The summed E-state index contributed by atoms with van der Waals surface area (Å²) in [6.45, 7) is 17.4. The number of allylic oxidation sites excluding steroid dienone is 10. The SMILES string of the molecule is C=C(/C=c1/ccccc1=C)/C(C)=C/C(=C\C)c1ccc2ccc(/C3=c4\cccc\c4=C(/c4cccc(-c5ccccc5)c4)C/C=C\C=C/C3=C)cc2c1. The van der Waals surface area contributed by atoms with E-state index in [9.17, 15) is 0 Å². The molecule has 0 unspecified atom stereocenters. The first-order valence-electron chi connectivity index (χ1n) is 18.2. The van der Waals surface area contributed by atoms with Gasteiger partial charge in [0, 0.05) is 0 Å². The lowest BCUT2D eigenvalue weighted by atomic mass is 9.89. The Hall–Kier alpha value is -6.50. The first kappa shape index (κ1) is 34.9. The Labute approximate surface area is 313 Å². The number of hydrogen-bond donors (Lipinski definition) is 0. The third kappa shape index (κ3) is 7.74. The molecule has 0 aliphatic heterocycles. The molecule has 0 amide bonds. The fourth-order valence-corrected chi connectivity index (χ4v) is 7.12. The monoisotopic (exact) mass is 680 g/mol. The van der Waals surface area contributed by atoms with Crippen LogP contribution in [0.2, 0.25) is 0 Å². The molecule has 0 saturated heterocycles. The van der Waals surface area contributed by atoms with E-state index in [2.05, 4.69) is 197 Å². The zero-order chi connectivity index (χ0) is 36.7. The fourth-order valence-electron chi connectivity index (χ4n) is 7.12. The molecule has 7 rings (SSSR count). The van der Waals surface area contributed by atoms with Gasteiger partial charge in [-0.25, -0.2) is 0 Å². The van der Waals surface area contributed by atoms with Crippen molar-refractivity contribution in [1.82, 2.24) is 0 Å². The van der Waals surface area contributed by atoms with Gasteiger partial charge in [-0.15, -0.1) is 0 Å². The largest absolute Gasteiger partial charge is 0.0915 e. The van der Waals surface area contributed by atoms with Gasteiger partial charge < -0.3 is 0 Å². The van der Waals surface area contributed by atoms with Gasteiger partial charge in [-0.2, -0.15) is 0 Å². The number of benzene rings is 6. The highest BCUT2D eigenvalue weighted by Crippen LogP contribution is 2.29. The summed E-state index contributed by atoms with van der Waals surface area (Å²) in [5.74, 6) is 0. The maximum absolute atomic E-state index is 4.62. The van der Waals surface area contributed by atoms with E-state index in [-0.39, 0.29) is 0 Å². The summed E-state index contributed by atoms with van der Waals surface area (Å²) in [6, 6.07) is 50.0. The molecule has 6 aromatic carbocycles. The Bertz CT molecular complexity index is 2740. The van der Waals surface area contributed by atoms with E-state index in [4.69, 9.17) is 0 Å². The van der Waals surface area contributed by atoms with Gasteiger partial charge in [-0.3, -0.25) is 0 Å². The maximum Gasteiger partial charge on any atom is -0.00385 e. The zero-order valence-corrected chi connectivity index (χ0v) is 30.6. The van der Waals surface area contributed by atoms with Gasteiger partial charge in [0.25, 0.3) is 0 Å². The minimum Gasteiger partial charge on any atom is -0.0915 e. The van der Waals surface area contributed by atoms with E-state index in [0.29, 0.717) is 0 Å². The van der Waals surface area contributed by atoms with E-state index < -0.39 is 0 Å². The molecule has 0 spiro atoms. The molecule has 0 nitrogen and oxygen atoms in total. The van der Waals surface area contributed by atoms with Crippen molar-refractivity contribution in [1.29, 1.82) is 0 Å². The van der Waals surface area contributed by atoms with Crippen molar-refractivity contribution in [2.75, 3.05) is 0 Å². The van der Waals surface area contributed by atoms with Gasteiger partial charge >= 0.3 is 0 Å². The lowest BCUT2D eigenvalue weighted by Gasteiger charge is -2.15. The smallest absolute Gasteiger partial charge is 0.00385 e. The van der Waals surface area contributed by atoms with Gasteiger partial charge in [0.1, 0.15) is 0 Å². The molecular weight excluding hydrogens is 637 g/mol. The van der Waals surface area contributed by atoms with Crippen LogP contribution in [0.1, 0.15) is 37.0 Å². The summed E-state index contributed by atoms with van der Waals surface area (Å²) in [6.07, 6.45) is 16.0. The van der Waals surface area contributed by atoms with Crippen molar-refractivity contribution in [2.45, 2.75) is 20.3 Å². The first-order chi connectivity index (χ1) is 25.9. The molecular formula is C53H44. The van der Waals surface area contributed by atoms with Crippen LogP contribution in [0.5, 0.6) is 0 Å². The van der Waals surface area contributed by atoms with Crippen molar-refractivity contribution < 1.29 is 0 Å². The van der Waals surface area contributed by atoms with Gasteiger partial charge in [0.15, 0.2) is 0 Å². The molecule has 1 aliphatic rings. The fraction of sp³-hybridized carbons (Fsp3) is 0.0566. The van der Waals surface area contributed by atoms with Crippen molar-refractivity contribution >= 4 is 40.1 Å². The van der Waals surface area contributed by atoms with E-state index >= 15 is 0 Å². The predicted octanol–water partition coefficient (Wildman–Crippen LogP) is 10.8. The molecule has 0 N–H and O–H groups in total. The van der Waals surface area contributed by atoms with Gasteiger partial charge in [0.2, 0.25) is 0 Å². The molecule has 0 heteroatoms. The molecule has 6 aromatic rings. The molecule has 53 heavy (non-hydrogen) atoms. The third-order valence-electron chi connectivity index (χ3n) is 10.1. The predicted molar refractivity (Wildman–Crippen MR) is 231 cm³/mol. The maximum atomic E-state index is 4.62. The standard InChI is InChI=1S/C53H44/c1-6-41(32-39(4)40(5)33-44-22-14-13-18-37(44)2)46-30-28-43-29-31-48(36-49(43)35-46)53-38(3)19-9-7-12-25-50(51-26-15-16-27-52(51)53)47-24-17-23-45(34-47)42-20-10-8-11-21-42/h6-24,26-36H,2-3,5,25H2,1,4H3/b12-7-,19-9-,39-32+,41-6+,44-33-,51-50+,53-52+. The minimum atomic E-state index is 0.811. The molecule has 0 fully saturated rings. The molecule has 256 valence electrons. The minimum absolute atomic E-state index is 0.811. The van der Waals surface area contributed by atoms with Crippen LogP contribution < -0.4 is 20.9 Å². The molecule has 0 heterocycles. The lowest BCUT2D eigenvalue weighted by Crippen LogP contribution is -2.30. The highest BCUT2D eigenvalue weighted by molar-refractivity contribution is 5.93. The van der Waals surface area contributed by atoms with E-state index in [1.54, 1.807) is 0 Å². The van der Waals surface area contributed by atoms with Crippen molar-refractivity contribution in [2.24, 2.45) is 0 Å². The van der Waals surface area contributed by atoms with Crippen LogP contribution >= 0.6 is 0 Å². The quantitative estimate of drug-likeness (QED) is 0.147. The van der Waals surface area contributed by atoms with E-state index in [0.717, 1.165) is 55.9 Å².